The Kier molecular flexibility index (Phi) is 3.69. The third-order valence-electron chi connectivity index (χ3n) is 3.28. The average Bonchev–Trinajstić information content (AvgIpc) is 2.55. The summed E-state index contributed by atoms with van der Waals surface area (Å²) in [5.41, 5.74) is 6.59. The van der Waals surface area contributed by atoms with Crippen LogP contribution in [-0.4, -0.2) is 18.7 Å². The molecule has 1 aromatic carbocycles. The van der Waals surface area contributed by atoms with Gasteiger partial charge in [-0.2, -0.15) is 0 Å². The van der Waals surface area contributed by atoms with Crippen LogP contribution in [0.5, 0.6) is 5.75 Å². The predicted molar refractivity (Wildman–Crippen MR) is 70.2 cm³/mol. The molecule has 1 heterocycles. The second-order valence-electron chi connectivity index (χ2n) is 5.13. The van der Waals surface area contributed by atoms with Gasteiger partial charge in [0.05, 0.1) is 6.04 Å². The molecule has 1 aliphatic heterocycles. The summed E-state index contributed by atoms with van der Waals surface area (Å²) >= 11 is 0. The van der Waals surface area contributed by atoms with Gasteiger partial charge in [0.25, 0.3) is 0 Å². The fraction of sp³-hybridized carbons (Fsp3) is 0.571. The Morgan fingerprint density at radius 3 is 2.82 bits per heavy atom. The Labute approximate surface area is 103 Å². The van der Waals surface area contributed by atoms with Crippen LogP contribution in [0.15, 0.2) is 24.3 Å². The molecule has 0 fully saturated rings. The number of benzene rings is 1. The van der Waals surface area contributed by atoms with Gasteiger partial charge >= 0.3 is 0 Å². The van der Waals surface area contributed by atoms with Crippen LogP contribution in [0, 0.1) is 0 Å². The first-order valence-corrected chi connectivity index (χ1v) is 6.36. The molecule has 1 unspecified atom stereocenters. The Bertz CT molecular complexity index is 376. The van der Waals surface area contributed by atoms with Crippen molar-refractivity contribution in [2.45, 2.75) is 38.3 Å². The standard InChI is InChI=1S/C14H22N2O/c1-14(2)13(16-10-6-5-9-15)11-7-3-4-8-12(11)17-14/h3-4,7-8,13,16H,5-6,9-10,15H2,1-2H3. The number of fused-ring (bicyclic) bond motifs is 1. The van der Waals surface area contributed by atoms with Crippen molar-refractivity contribution in [2.24, 2.45) is 5.73 Å². The molecule has 0 saturated carbocycles. The molecule has 1 aromatic rings. The van der Waals surface area contributed by atoms with Crippen molar-refractivity contribution in [3.05, 3.63) is 29.8 Å². The highest BCUT2D eigenvalue weighted by molar-refractivity contribution is 5.42. The Balaban J connectivity index is 2.04. The fourth-order valence-electron chi connectivity index (χ4n) is 2.40. The second-order valence-corrected chi connectivity index (χ2v) is 5.13. The molecule has 0 spiro atoms. The second kappa shape index (κ2) is 5.07. The van der Waals surface area contributed by atoms with Crippen molar-refractivity contribution in [3.8, 4) is 5.75 Å². The average molecular weight is 234 g/mol. The van der Waals surface area contributed by atoms with Gasteiger partial charge in [-0.15, -0.1) is 0 Å². The van der Waals surface area contributed by atoms with Crippen LogP contribution < -0.4 is 15.8 Å². The number of hydrogen-bond acceptors (Lipinski definition) is 3. The van der Waals surface area contributed by atoms with Crippen molar-refractivity contribution in [3.63, 3.8) is 0 Å². The van der Waals surface area contributed by atoms with E-state index in [1.54, 1.807) is 0 Å². The molecule has 2 rings (SSSR count). The molecule has 94 valence electrons. The third kappa shape index (κ3) is 2.61. The van der Waals surface area contributed by atoms with Gasteiger partial charge in [0.1, 0.15) is 11.4 Å². The van der Waals surface area contributed by atoms with E-state index in [4.69, 9.17) is 10.5 Å². The van der Waals surface area contributed by atoms with Crippen molar-refractivity contribution in [2.75, 3.05) is 13.1 Å². The number of nitrogens with one attached hydrogen (secondary N) is 1. The van der Waals surface area contributed by atoms with Crippen LogP contribution in [0.1, 0.15) is 38.3 Å². The summed E-state index contributed by atoms with van der Waals surface area (Å²) in [6.07, 6.45) is 2.19. The quantitative estimate of drug-likeness (QED) is 0.768. The highest BCUT2D eigenvalue weighted by atomic mass is 16.5. The first-order valence-electron chi connectivity index (χ1n) is 6.36. The van der Waals surface area contributed by atoms with Gasteiger partial charge in [0, 0.05) is 5.56 Å². The maximum absolute atomic E-state index is 5.98. The number of ether oxygens (including phenoxy) is 1. The van der Waals surface area contributed by atoms with Gasteiger partial charge in [-0.05, 0) is 45.8 Å². The lowest BCUT2D eigenvalue weighted by molar-refractivity contribution is 0.0964. The predicted octanol–water partition coefficient (Wildman–Crippen LogP) is 2.23. The molecule has 1 atom stereocenters. The number of nitrogens with two attached hydrogens (primary N) is 1. The first kappa shape index (κ1) is 12.4. The van der Waals surface area contributed by atoms with Crippen LogP contribution in [0.3, 0.4) is 0 Å². The van der Waals surface area contributed by atoms with E-state index in [0.29, 0.717) is 0 Å². The van der Waals surface area contributed by atoms with E-state index >= 15 is 0 Å². The van der Waals surface area contributed by atoms with E-state index in [1.165, 1.54) is 5.56 Å². The Morgan fingerprint density at radius 1 is 1.29 bits per heavy atom. The first-order chi connectivity index (χ1) is 8.15. The highest BCUT2D eigenvalue weighted by Crippen LogP contribution is 2.42. The fourth-order valence-corrected chi connectivity index (χ4v) is 2.40. The third-order valence-corrected chi connectivity index (χ3v) is 3.28. The number of para-hydroxylation sites is 1. The molecule has 3 heteroatoms. The number of unbranched alkanes of at least 4 members (excludes halogenated alkanes) is 1. The van der Waals surface area contributed by atoms with Gasteiger partial charge in [0.15, 0.2) is 0 Å². The highest BCUT2D eigenvalue weighted by Gasteiger charge is 2.40. The minimum atomic E-state index is -0.174. The summed E-state index contributed by atoms with van der Waals surface area (Å²) < 4.78 is 5.98. The molecule has 0 aliphatic carbocycles. The van der Waals surface area contributed by atoms with E-state index in [1.807, 2.05) is 12.1 Å². The molecule has 0 bridgehead atoms. The monoisotopic (exact) mass is 234 g/mol. The summed E-state index contributed by atoms with van der Waals surface area (Å²) in [4.78, 5) is 0. The SMILES string of the molecule is CC1(C)Oc2ccccc2C1NCCCCN. The zero-order valence-electron chi connectivity index (χ0n) is 10.7. The summed E-state index contributed by atoms with van der Waals surface area (Å²) in [6, 6.07) is 8.55. The molecule has 0 radical (unpaired) electrons. The van der Waals surface area contributed by atoms with Crippen molar-refractivity contribution >= 4 is 0 Å². The van der Waals surface area contributed by atoms with E-state index in [9.17, 15) is 0 Å². The van der Waals surface area contributed by atoms with Gasteiger partial charge in [-0.25, -0.2) is 0 Å². The van der Waals surface area contributed by atoms with Crippen LogP contribution in [-0.2, 0) is 0 Å². The summed E-state index contributed by atoms with van der Waals surface area (Å²) in [5, 5.41) is 3.58. The number of hydrogen-bond donors (Lipinski definition) is 2. The minimum absolute atomic E-state index is 0.174. The topological polar surface area (TPSA) is 47.3 Å². The molecule has 3 N–H and O–H groups in total. The maximum atomic E-state index is 5.98. The molecule has 0 amide bonds. The normalized spacial score (nSPS) is 21.0. The van der Waals surface area contributed by atoms with Gasteiger partial charge in [0.2, 0.25) is 0 Å². The van der Waals surface area contributed by atoms with Gasteiger partial charge < -0.3 is 15.8 Å². The van der Waals surface area contributed by atoms with Crippen LogP contribution in [0.4, 0.5) is 0 Å². The smallest absolute Gasteiger partial charge is 0.125 e. The summed E-state index contributed by atoms with van der Waals surface area (Å²) in [6.45, 7) is 6.02. The molecular formula is C14H22N2O. The van der Waals surface area contributed by atoms with Crippen molar-refractivity contribution < 1.29 is 4.74 Å². The lowest BCUT2D eigenvalue weighted by atomic mass is 9.94. The molecule has 0 aromatic heterocycles. The largest absolute Gasteiger partial charge is 0.486 e. The minimum Gasteiger partial charge on any atom is -0.486 e. The molecule has 3 nitrogen and oxygen atoms in total. The lowest BCUT2D eigenvalue weighted by Gasteiger charge is -2.27. The molecule has 0 saturated heterocycles. The Hall–Kier alpha value is -1.06. The summed E-state index contributed by atoms with van der Waals surface area (Å²) in [7, 11) is 0. The molecule has 17 heavy (non-hydrogen) atoms. The summed E-state index contributed by atoms with van der Waals surface area (Å²) in [5.74, 6) is 1.01. The van der Waals surface area contributed by atoms with E-state index in [2.05, 4.69) is 31.3 Å². The van der Waals surface area contributed by atoms with Crippen LogP contribution in [0.25, 0.3) is 0 Å². The zero-order valence-corrected chi connectivity index (χ0v) is 10.7. The molecular weight excluding hydrogens is 212 g/mol. The van der Waals surface area contributed by atoms with Crippen molar-refractivity contribution in [1.29, 1.82) is 0 Å². The Morgan fingerprint density at radius 2 is 2.06 bits per heavy atom. The van der Waals surface area contributed by atoms with E-state index < -0.39 is 0 Å². The van der Waals surface area contributed by atoms with Crippen LogP contribution in [0.2, 0.25) is 0 Å². The van der Waals surface area contributed by atoms with E-state index in [-0.39, 0.29) is 11.6 Å². The molecule has 1 aliphatic rings. The van der Waals surface area contributed by atoms with Crippen molar-refractivity contribution in [1.82, 2.24) is 5.32 Å². The van der Waals surface area contributed by atoms with E-state index in [0.717, 1.165) is 31.7 Å². The van der Waals surface area contributed by atoms with Crippen LogP contribution >= 0.6 is 0 Å². The zero-order chi connectivity index (χ0) is 12.3. The van der Waals surface area contributed by atoms with Gasteiger partial charge in [-0.3, -0.25) is 0 Å². The maximum Gasteiger partial charge on any atom is 0.125 e. The van der Waals surface area contributed by atoms with Gasteiger partial charge in [-0.1, -0.05) is 18.2 Å². The number of rotatable bonds is 5. The lowest BCUT2D eigenvalue weighted by Crippen LogP contribution is -2.39.